The van der Waals surface area contributed by atoms with Crippen LogP contribution in [0.4, 0.5) is 0 Å². The molecule has 0 aliphatic rings. The molecule has 0 saturated carbocycles. The Labute approximate surface area is 157 Å². The van der Waals surface area contributed by atoms with Gasteiger partial charge in [0.2, 0.25) is 5.91 Å². The van der Waals surface area contributed by atoms with Crippen molar-refractivity contribution < 1.29 is 14.4 Å². The van der Waals surface area contributed by atoms with Crippen LogP contribution in [0.1, 0.15) is 47.1 Å². The molecule has 0 fully saturated rings. The van der Waals surface area contributed by atoms with E-state index < -0.39 is 5.91 Å². The standard InChI is InChI=1S/C20H21ClN2O3/c1-20(2,3)23-17(24)12-22-19(26)16-7-5-4-6-15(16)18(25)13-8-10-14(21)11-9-13/h4-11H,12H2,1-3H3,(H,22,26)(H,23,24). The van der Waals surface area contributed by atoms with Crippen LogP contribution in [0, 0.1) is 0 Å². The van der Waals surface area contributed by atoms with Gasteiger partial charge in [-0.15, -0.1) is 0 Å². The van der Waals surface area contributed by atoms with Crippen LogP contribution in [0.25, 0.3) is 0 Å². The monoisotopic (exact) mass is 372 g/mol. The van der Waals surface area contributed by atoms with Gasteiger partial charge >= 0.3 is 0 Å². The van der Waals surface area contributed by atoms with Gasteiger partial charge < -0.3 is 10.6 Å². The van der Waals surface area contributed by atoms with Crippen LogP contribution in [0.15, 0.2) is 48.5 Å². The van der Waals surface area contributed by atoms with Crippen molar-refractivity contribution >= 4 is 29.2 Å². The van der Waals surface area contributed by atoms with Crippen molar-refractivity contribution in [1.29, 1.82) is 0 Å². The fourth-order valence-electron chi connectivity index (χ4n) is 2.35. The molecule has 26 heavy (non-hydrogen) atoms. The average molecular weight is 373 g/mol. The molecule has 0 saturated heterocycles. The van der Waals surface area contributed by atoms with E-state index in [2.05, 4.69) is 10.6 Å². The molecule has 2 rings (SSSR count). The van der Waals surface area contributed by atoms with Gasteiger partial charge in [0.1, 0.15) is 0 Å². The largest absolute Gasteiger partial charge is 0.350 e. The second-order valence-electron chi connectivity index (χ2n) is 6.86. The van der Waals surface area contributed by atoms with Crippen molar-refractivity contribution in [2.24, 2.45) is 0 Å². The second kappa shape index (κ2) is 8.15. The van der Waals surface area contributed by atoms with Gasteiger partial charge in [0.05, 0.1) is 12.1 Å². The topological polar surface area (TPSA) is 75.3 Å². The van der Waals surface area contributed by atoms with E-state index in [1.807, 2.05) is 20.8 Å². The highest BCUT2D eigenvalue weighted by molar-refractivity contribution is 6.30. The summed E-state index contributed by atoms with van der Waals surface area (Å²) in [7, 11) is 0. The summed E-state index contributed by atoms with van der Waals surface area (Å²) in [6, 6.07) is 12.9. The molecule has 2 aromatic rings. The third kappa shape index (κ3) is 5.43. The van der Waals surface area contributed by atoms with E-state index in [0.29, 0.717) is 10.6 Å². The summed E-state index contributed by atoms with van der Waals surface area (Å²) in [5.41, 5.74) is 0.532. The maximum absolute atomic E-state index is 12.7. The summed E-state index contributed by atoms with van der Waals surface area (Å²) in [6.07, 6.45) is 0. The van der Waals surface area contributed by atoms with E-state index in [1.54, 1.807) is 48.5 Å². The van der Waals surface area contributed by atoms with Crippen LogP contribution in [-0.4, -0.2) is 29.7 Å². The molecule has 136 valence electrons. The van der Waals surface area contributed by atoms with Crippen LogP contribution < -0.4 is 10.6 Å². The Hall–Kier alpha value is -2.66. The lowest BCUT2D eigenvalue weighted by atomic mass is 9.98. The van der Waals surface area contributed by atoms with Crippen LogP contribution in [0.5, 0.6) is 0 Å². The minimum Gasteiger partial charge on any atom is -0.350 e. The van der Waals surface area contributed by atoms with Gasteiger partial charge in [-0.2, -0.15) is 0 Å². The summed E-state index contributed by atoms with van der Waals surface area (Å²) >= 11 is 5.85. The molecule has 2 amide bonds. The zero-order chi connectivity index (χ0) is 19.3. The lowest BCUT2D eigenvalue weighted by molar-refractivity contribution is -0.121. The van der Waals surface area contributed by atoms with E-state index in [-0.39, 0.29) is 34.9 Å². The molecule has 6 heteroatoms. The van der Waals surface area contributed by atoms with Crippen LogP contribution in [-0.2, 0) is 4.79 Å². The molecule has 0 atom stereocenters. The molecule has 0 spiro atoms. The fourth-order valence-corrected chi connectivity index (χ4v) is 2.48. The molecule has 0 heterocycles. The maximum atomic E-state index is 12.7. The highest BCUT2D eigenvalue weighted by atomic mass is 35.5. The van der Waals surface area contributed by atoms with E-state index >= 15 is 0 Å². The minimum absolute atomic E-state index is 0.167. The lowest BCUT2D eigenvalue weighted by Gasteiger charge is -2.20. The Morgan fingerprint density at radius 2 is 1.50 bits per heavy atom. The molecule has 2 aromatic carbocycles. The third-order valence-corrected chi connectivity index (χ3v) is 3.70. The SMILES string of the molecule is CC(C)(C)NC(=O)CNC(=O)c1ccccc1C(=O)c1ccc(Cl)cc1. The summed E-state index contributed by atoms with van der Waals surface area (Å²) in [4.78, 5) is 37.0. The van der Waals surface area contributed by atoms with Crippen molar-refractivity contribution in [3.8, 4) is 0 Å². The van der Waals surface area contributed by atoms with Gasteiger partial charge in [0, 0.05) is 21.7 Å². The third-order valence-electron chi connectivity index (χ3n) is 3.45. The number of carbonyl (C=O) groups excluding carboxylic acids is 3. The molecule has 0 radical (unpaired) electrons. The Morgan fingerprint density at radius 3 is 2.08 bits per heavy atom. The number of carbonyl (C=O) groups is 3. The van der Waals surface area contributed by atoms with Crippen molar-refractivity contribution in [1.82, 2.24) is 10.6 Å². The fraction of sp³-hybridized carbons (Fsp3) is 0.250. The quantitative estimate of drug-likeness (QED) is 0.791. The van der Waals surface area contributed by atoms with Gasteiger partial charge in [-0.3, -0.25) is 14.4 Å². The first-order valence-electron chi connectivity index (χ1n) is 8.16. The van der Waals surface area contributed by atoms with Crippen LogP contribution in [0.3, 0.4) is 0 Å². The smallest absolute Gasteiger partial charge is 0.252 e. The molecule has 0 unspecified atom stereocenters. The van der Waals surface area contributed by atoms with Gasteiger partial charge in [0.15, 0.2) is 5.78 Å². The van der Waals surface area contributed by atoms with E-state index in [0.717, 1.165) is 0 Å². The Kier molecular flexibility index (Phi) is 6.16. The molecule has 0 aliphatic carbocycles. The number of ketones is 1. The zero-order valence-electron chi connectivity index (χ0n) is 14.9. The number of hydrogen-bond acceptors (Lipinski definition) is 3. The molecule has 2 N–H and O–H groups in total. The normalized spacial score (nSPS) is 10.9. The predicted octanol–water partition coefficient (Wildman–Crippen LogP) is 3.22. The molecular weight excluding hydrogens is 352 g/mol. The minimum atomic E-state index is -0.480. The highest BCUT2D eigenvalue weighted by Gasteiger charge is 2.19. The van der Waals surface area contributed by atoms with Crippen LogP contribution >= 0.6 is 11.6 Å². The summed E-state index contributed by atoms with van der Waals surface area (Å²) in [6.45, 7) is 5.39. The Balaban J connectivity index is 2.15. The molecule has 0 bridgehead atoms. The van der Waals surface area contributed by atoms with E-state index in [9.17, 15) is 14.4 Å². The number of hydrogen-bond donors (Lipinski definition) is 2. The lowest BCUT2D eigenvalue weighted by Crippen LogP contribution is -2.46. The first kappa shape index (κ1) is 19.7. The summed E-state index contributed by atoms with van der Waals surface area (Å²) in [5.74, 6) is -1.06. The van der Waals surface area contributed by atoms with Gasteiger partial charge in [0.25, 0.3) is 5.91 Å². The average Bonchev–Trinajstić information content (AvgIpc) is 2.58. The maximum Gasteiger partial charge on any atom is 0.252 e. The summed E-state index contributed by atoms with van der Waals surface area (Å²) < 4.78 is 0. The van der Waals surface area contributed by atoms with Crippen molar-refractivity contribution in [2.75, 3.05) is 6.54 Å². The number of benzene rings is 2. The Bertz CT molecular complexity index is 824. The van der Waals surface area contributed by atoms with E-state index in [4.69, 9.17) is 11.6 Å². The first-order valence-corrected chi connectivity index (χ1v) is 8.54. The molecule has 0 aromatic heterocycles. The van der Waals surface area contributed by atoms with Crippen molar-refractivity contribution in [3.63, 3.8) is 0 Å². The predicted molar refractivity (Wildman–Crippen MR) is 102 cm³/mol. The van der Waals surface area contributed by atoms with Crippen LogP contribution in [0.2, 0.25) is 5.02 Å². The first-order chi connectivity index (χ1) is 12.2. The number of rotatable bonds is 5. The van der Waals surface area contributed by atoms with E-state index in [1.165, 1.54) is 0 Å². The highest BCUT2D eigenvalue weighted by Crippen LogP contribution is 2.17. The van der Waals surface area contributed by atoms with Crippen molar-refractivity contribution in [2.45, 2.75) is 26.3 Å². The zero-order valence-corrected chi connectivity index (χ0v) is 15.7. The van der Waals surface area contributed by atoms with Gasteiger partial charge in [-0.1, -0.05) is 29.8 Å². The second-order valence-corrected chi connectivity index (χ2v) is 7.30. The Morgan fingerprint density at radius 1 is 0.923 bits per heavy atom. The molecular formula is C20H21ClN2O3. The molecule has 0 aliphatic heterocycles. The van der Waals surface area contributed by atoms with Crippen molar-refractivity contribution in [3.05, 3.63) is 70.2 Å². The molecule has 5 nitrogen and oxygen atoms in total. The number of halogens is 1. The number of nitrogens with one attached hydrogen (secondary N) is 2. The number of amides is 2. The summed E-state index contributed by atoms with van der Waals surface area (Å²) in [5, 5.41) is 5.84. The van der Waals surface area contributed by atoms with Gasteiger partial charge in [-0.25, -0.2) is 0 Å². The van der Waals surface area contributed by atoms with Gasteiger partial charge in [-0.05, 0) is 51.1 Å².